The van der Waals surface area contributed by atoms with Crippen LogP contribution in [0.1, 0.15) is 46.5 Å². The summed E-state index contributed by atoms with van der Waals surface area (Å²) in [5.41, 5.74) is 0. The first-order chi connectivity index (χ1) is 7.89. The predicted molar refractivity (Wildman–Crippen MR) is 69.6 cm³/mol. The summed E-state index contributed by atoms with van der Waals surface area (Å²) < 4.78 is 36.1. The highest BCUT2D eigenvalue weighted by atomic mass is 32.2. The van der Waals surface area contributed by atoms with E-state index < -0.39 is 12.6 Å². The molecular formula is C12H24F3NS. The van der Waals surface area contributed by atoms with Gasteiger partial charge in [0, 0.05) is 23.5 Å². The molecule has 0 radical (unpaired) electrons. The second-order valence-electron chi connectivity index (χ2n) is 4.31. The number of thioether (sulfide) groups is 1. The molecule has 0 saturated carbocycles. The zero-order valence-corrected chi connectivity index (χ0v) is 11.8. The van der Waals surface area contributed by atoms with Crippen molar-refractivity contribution in [3.8, 4) is 0 Å². The topological polar surface area (TPSA) is 12.0 Å². The molecule has 104 valence electrons. The van der Waals surface area contributed by atoms with Gasteiger partial charge >= 0.3 is 6.18 Å². The second kappa shape index (κ2) is 9.09. The summed E-state index contributed by atoms with van der Waals surface area (Å²) in [6.45, 7) is 7.09. The first-order valence-corrected chi connectivity index (χ1v) is 7.35. The Morgan fingerprint density at radius 3 is 2.35 bits per heavy atom. The van der Waals surface area contributed by atoms with Crippen LogP contribution in [0.25, 0.3) is 0 Å². The fourth-order valence-corrected chi connectivity index (χ4v) is 2.56. The van der Waals surface area contributed by atoms with E-state index in [4.69, 9.17) is 0 Å². The molecule has 0 aliphatic heterocycles. The lowest BCUT2D eigenvalue weighted by Crippen LogP contribution is -2.32. The van der Waals surface area contributed by atoms with Gasteiger partial charge in [-0.2, -0.15) is 24.9 Å². The van der Waals surface area contributed by atoms with Crippen LogP contribution in [0.5, 0.6) is 0 Å². The van der Waals surface area contributed by atoms with Crippen LogP contribution < -0.4 is 5.32 Å². The third kappa shape index (κ3) is 10.9. The smallest absolute Gasteiger partial charge is 0.313 e. The van der Waals surface area contributed by atoms with Gasteiger partial charge in [0.25, 0.3) is 0 Å². The molecule has 0 aromatic rings. The Morgan fingerprint density at radius 2 is 1.88 bits per heavy atom. The van der Waals surface area contributed by atoms with E-state index in [2.05, 4.69) is 19.2 Å². The molecule has 2 atom stereocenters. The van der Waals surface area contributed by atoms with Crippen LogP contribution >= 0.6 is 11.8 Å². The molecule has 0 aromatic heterocycles. The lowest BCUT2D eigenvalue weighted by atomic mass is 10.1. The highest BCUT2D eigenvalue weighted by Gasteiger charge is 2.26. The van der Waals surface area contributed by atoms with E-state index in [1.807, 2.05) is 18.7 Å². The van der Waals surface area contributed by atoms with Gasteiger partial charge < -0.3 is 5.32 Å². The zero-order chi connectivity index (χ0) is 13.3. The molecule has 0 aliphatic rings. The maximum Gasteiger partial charge on any atom is 0.389 e. The number of rotatable bonds is 9. The Hall–Kier alpha value is 0.100. The van der Waals surface area contributed by atoms with Gasteiger partial charge in [-0.15, -0.1) is 0 Å². The summed E-state index contributed by atoms with van der Waals surface area (Å²) in [6.07, 6.45) is -2.74. The van der Waals surface area contributed by atoms with E-state index in [9.17, 15) is 13.2 Å². The Kier molecular flexibility index (Phi) is 9.14. The number of alkyl halides is 3. The summed E-state index contributed by atoms with van der Waals surface area (Å²) in [5.74, 6) is 0.903. The molecule has 1 N–H and O–H groups in total. The van der Waals surface area contributed by atoms with E-state index in [-0.39, 0.29) is 12.5 Å². The van der Waals surface area contributed by atoms with Crippen LogP contribution in [0.4, 0.5) is 13.2 Å². The van der Waals surface area contributed by atoms with Gasteiger partial charge in [-0.05, 0) is 25.8 Å². The molecule has 0 bridgehead atoms. The Bertz CT molecular complexity index is 185. The van der Waals surface area contributed by atoms with Gasteiger partial charge in [0.15, 0.2) is 0 Å². The van der Waals surface area contributed by atoms with Crippen molar-refractivity contribution in [3.63, 3.8) is 0 Å². The van der Waals surface area contributed by atoms with E-state index in [0.29, 0.717) is 11.7 Å². The number of halogens is 3. The molecule has 0 amide bonds. The SMILES string of the molecule is CCNC(CCCC(F)(F)F)CSC(C)CC. The van der Waals surface area contributed by atoms with Crippen molar-refractivity contribution in [2.45, 2.75) is 63.9 Å². The van der Waals surface area contributed by atoms with Crippen molar-refractivity contribution >= 4 is 11.8 Å². The number of nitrogens with one attached hydrogen (secondary N) is 1. The minimum absolute atomic E-state index is 0.210. The van der Waals surface area contributed by atoms with Crippen LogP contribution in [0.15, 0.2) is 0 Å². The fraction of sp³-hybridized carbons (Fsp3) is 1.00. The van der Waals surface area contributed by atoms with Gasteiger partial charge in [-0.25, -0.2) is 0 Å². The first-order valence-electron chi connectivity index (χ1n) is 6.30. The van der Waals surface area contributed by atoms with Gasteiger partial charge in [0.2, 0.25) is 0 Å². The standard InChI is InChI=1S/C12H24F3NS/c1-4-10(3)17-9-11(16-5-2)7-6-8-12(13,14)15/h10-11,16H,4-9H2,1-3H3. The summed E-state index contributed by atoms with van der Waals surface area (Å²) in [7, 11) is 0. The van der Waals surface area contributed by atoms with Gasteiger partial charge in [0.05, 0.1) is 0 Å². The summed E-state index contributed by atoms with van der Waals surface area (Å²) in [4.78, 5) is 0. The molecule has 0 rings (SSSR count). The van der Waals surface area contributed by atoms with E-state index >= 15 is 0 Å². The molecule has 17 heavy (non-hydrogen) atoms. The molecule has 2 unspecified atom stereocenters. The van der Waals surface area contributed by atoms with Crippen LogP contribution in [-0.4, -0.2) is 29.8 Å². The first kappa shape index (κ1) is 17.1. The van der Waals surface area contributed by atoms with Crippen LogP contribution in [0, 0.1) is 0 Å². The van der Waals surface area contributed by atoms with Gasteiger partial charge in [-0.3, -0.25) is 0 Å². The maximum atomic E-state index is 12.0. The average molecular weight is 271 g/mol. The zero-order valence-electron chi connectivity index (χ0n) is 10.9. The van der Waals surface area contributed by atoms with Crippen molar-refractivity contribution in [1.29, 1.82) is 0 Å². The average Bonchev–Trinajstić information content (AvgIpc) is 2.23. The molecule has 0 saturated heterocycles. The fourth-order valence-electron chi connectivity index (χ4n) is 1.48. The second-order valence-corrected chi connectivity index (χ2v) is 5.79. The molecule has 0 fully saturated rings. The molecule has 1 nitrogen and oxygen atoms in total. The normalized spacial score (nSPS) is 15.9. The van der Waals surface area contributed by atoms with Crippen LogP contribution in [0.3, 0.4) is 0 Å². The highest BCUT2D eigenvalue weighted by molar-refractivity contribution is 7.99. The third-order valence-electron chi connectivity index (χ3n) is 2.66. The Morgan fingerprint density at radius 1 is 1.24 bits per heavy atom. The van der Waals surface area contributed by atoms with E-state index in [1.54, 1.807) is 0 Å². The molecule has 0 aliphatic carbocycles. The van der Waals surface area contributed by atoms with Gasteiger partial charge in [-0.1, -0.05) is 20.8 Å². The Balaban J connectivity index is 3.81. The molecule has 0 aromatic carbocycles. The number of hydrogen-bond acceptors (Lipinski definition) is 2. The molecule has 0 heterocycles. The maximum absolute atomic E-state index is 12.0. The minimum Gasteiger partial charge on any atom is -0.313 e. The van der Waals surface area contributed by atoms with E-state index in [1.165, 1.54) is 0 Å². The summed E-state index contributed by atoms with van der Waals surface area (Å²) in [5, 5.41) is 3.84. The van der Waals surface area contributed by atoms with Crippen LogP contribution in [0.2, 0.25) is 0 Å². The van der Waals surface area contributed by atoms with Crippen molar-refractivity contribution in [1.82, 2.24) is 5.32 Å². The van der Waals surface area contributed by atoms with E-state index in [0.717, 1.165) is 18.7 Å². The highest BCUT2D eigenvalue weighted by Crippen LogP contribution is 2.23. The van der Waals surface area contributed by atoms with Crippen molar-refractivity contribution < 1.29 is 13.2 Å². The molecule has 0 spiro atoms. The third-order valence-corrected chi connectivity index (χ3v) is 4.16. The lowest BCUT2D eigenvalue weighted by Gasteiger charge is -2.19. The largest absolute Gasteiger partial charge is 0.389 e. The van der Waals surface area contributed by atoms with Crippen molar-refractivity contribution in [2.75, 3.05) is 12.3 Å². The van der Waals surface area contributed by atoms with Crippen molar-refractivity contribution in [3.05, 3.63) is 0 Å². The predicted octanol–water partition coefficient (Wildman–Crippen LogP) is 4.23. The Labute approximate surface area is 107 Å². The van der Waals surface area contributed by atoms with Crippen LogP contribution in [-0.2, 0) is 0 Å². The van der Waals surface area contributed by atoms with Gasteiger partial charge in [0.1, 0.15) is 0 Å². The summed E-state index contributed by atoms with van der Waals surface area (Å²) >= 11 is 1.84. The number of hydrogen-bond donors (Lipinski definition) is 1. The van der Waals surface area contributed by atoms with Crippen molar-refractivity contribution in [2.24, 2.45) is 0 Å². The molecular weight excluding hydrogens is 247 g/mol. The monoisotopic (exact) mass is 271 g/mol. The molecule has 5 heteroatoms. The minimum atomic E-state index is -4.01. The summed E-state index contributed by atoms with van der Waals surface area (Å²) in [6, 6.07) is 0.210. The quantitative estimate of drug-likeness (QED) is 0.673. The lowest BCUT2D eigenvalue weighted by molar-refractivity contribution is -0.135.